The second-order valence-corrected chi connectivity index (χ2v) is 5.08. The van der Waals surface area contributed by atoms with Crippen LogP contribution >= 0.6 is 11.8 Å². The molecule has 0 unspecified atom stereocenters. The van der Waals surface area contributed by atoms with Crippen molar-refractivity contribution in [3.63, 3.8) is 0 Å². The number of nitrogens with one attached hydrogen (secondary N) is 2. The Hall–Kier alpha value is -1.33. The van der Waals surface area contributed by atoms with Crippen molar-refractivity contribution in [1.82, 2.24) is 9.97 Å². The molecule has 2 heterocycles. The molecule has 1 aromatic rings. The number of nitrogen functional groups attached to an aromatic ring is 1. The van der Waals surface area contributed by atoms with Crippen LogP contribution in [0.25, 0.3) is 0 Å². The number of hydrogen-bond acceptors (Lipinski definition) is 9. The fraction of sp³-hybridized carbons (Fsp3) is 0.600. The Morgan fingerprint density at radius 2 is 2.15 bits per heavy atom. The number of nitrogens with zero attached hydrogens (tertiary/aromatic N) is 1. The molecule has 1 saturated heterocycles. The minimum absolute atomic E-state index is 0.0470. The molecule has 1 aliphatic rings. The molecule has 9 nitrogen and oxygen atoms in total. The number of aromatic nitrogens is 2. The predicted molar refractivity (Wildman–Crippen MR) is 72.4 cm³/mol. The fourth-order valence-corrected chi connectivity index (χ4v) is 2.11. The number of aliphatic hydroxyl groups is 3. The maximum Gasteiger partial charge on any atom is 0.276 e. The van der Waals surface area contributed by atoms with Crippen LogP contribution in [0.5, 0.6) is 0 Å². The van der Waals surface area contributed by atoms with Gasteiger partial charge in [0, 0.05) is 0 Å². The van der Waals surface area contributed by atoms with Gasteiger partial charge >= 0.3 is 0 Å². The molecule has 0 saturated carbocycles. The van der Waals surface area contributed by atoms with Crippen LogP contribution < -0.4 is 16.6 Å². The van der Waals surface area contributed by atoms with Crippen LogP contribution in [0.1, 0.15) is 0 Å². The van der Waals surface area contributed by atoms with E-state index in [1.54, 1.807) is 6.26 Å². The first kappa shape index (κ1) is 15.1. The number of nitrogens with two attached hydrogens (primary N) is 1. The highest BCUT2D eigenvalue weighted by Gasteiger charge is 2.38. The van der Waals surface area contributed by atoms with Gasteiger partial charge in [0.2, 0.25) is 0 Å². The molecule has 0 amide bonds. The van der Waals surface area contributed by atoms with E-state index in [9.17, 15) is 20.1 Å². The number of ether oxygens (including phenoxy) is 1. The maximum absolute atomic E-state index is 11.6. The molecule has 1 aromatic heterocycles. The summed E-state index contributed by atoms with van der Waals surface area (Å²) in [6, 6.07) is 0. The highest BCUT2D eigenvalue weighted by atomic mass is 32.2. The van der Waals surface area contributed by atoms with Crippen molar-refractivity contribution < 1.29 is 20.1 Å². The summed E-state index contributed by atoms with van der Waals surface area (Å²) in [4.78, 5) is 18.1. The van der Waals surface area contributed by atoms with Crippen molar-refractivity contribution in [1.29, 1.82) is 0 Å². The van der Waals surface area contributed by atoms with E-state index in [0.29, 0.717) is 5.16 Å². The summed E-state index contributed by atoms with van der Waals surface area (Å²) < 4.78 is 5.16. The zero-order valence-corrected chi connectivity index (χ0v) is 11.4. The van der Waals surface area contributed by atoms with Crippen LogP contribution in [0, 0.1) is 0 Å². The summed E-state index contributed by atoms with van der Waals surface area (Å²) in [5.41, 5.74) is 4.93. The van der Waals surface area contributed by atoms with Crippen molar-refractivity contribution in [2.24, 2.45) is 0 Å². The minimum atomic E-state index is -1.38. The van der Waals surface area contributed by atoms with Crippen LogP contribution in [0.15, 0.2) is 9.95 Å². The van der Waals surface area contributed by atoms with Crippen molar-refractivity contribution in [3.05, 3.63) is 10.4 Å². The van der Waals surface area contributed by atoms with Gasteiger partial charge in [0.05, 0.1) is 6.61 Å². The Labute approximate surface area is 118 Å². The summed E-state index contributed by atoms with van der Waals surface area (Å²) in [5.74, 6) is 0.0470. The molecular weight excluding hydrogens is 288 g/mol. The Morgan fingerprint density at radius 3 is 2.80 bits per heavy atom. The van der Waals surface area contributed by atoms with Crippen LogP contribution in [0.2, 0.25) is 0 Å². The van der Waals surface area contributed by atoms with Crippen LogP contribution in [-0.4, -0.2) is 62.7 Å². The highest BCUT2D eigenvalue weighted by Crippen LogP contribution is 2.20. The fourth-order valence-electron chi connectivity index (χ4n) is 1.74. The average molecular weight is 304 g/mol. The molecule has 10 heteroatoms. The maximum atomic E-state index is 11.6. The minimum Gasteiger partial charge on any atom is -0.391 e. The van der Waals surface area contributed by atoms with Gasteiger partial charge < -0.3 is 31.1 Å². The summed E-state index contributed by atoms with van der Waals surface area (Å²) in [6.07, 6.45) is -3.21. The molecule has 0 spiro atoms. The molecule has 4 atom stereocenters. The van der Waals surface area contributed by atoms with Crippen molar-refractivity contribution >= 4 is 23.3 Å². The van der Waals surface area contributed by atoms with Gasteiger partial charge in [-0.3, -0.25) is 9.78 Å². The second kappa shape index (κ2) is 5.97. The molecule has 0 aromatic carbocycles. The number of anilines is 2. The largest absolute Gasteiger partial charge is 0.391 e. The molecule has 0 bridgehead atoms. The van der Waals surface area contributed by atoms with Crippen LogP contribution in [0.3, 0.4) is 0 Å². The van der Waals surface area contributed by atoms with E-state index < -0.39 is 30.1 Å². The van der Waals surface area contributed by atoms with Crippen LogP contribution in [-0.2, 0) is 4.74 Å². The summed E-state index contributed by atoms with van der Waals surface area (Å²) in [6.45, 7) is -0.158. The van der Waals surface area contributed by atoms with Gasteiger partial charge in [0.1, 0.15) is 24.0 Å². The van der Waals surface area contributed by atoms with E-state index in [2.05, 4.69) is 15.3 Å². The molecule has 7 N–H and O–H groups in total. The topological polar surface area (TPSA) is 154 Å². The van der Waals surface area contributed by atoms with E-state index in [-0.39, 0.29) is 18.1 Å². The Morgan fingerprint density at radius 1 is 1.45 bits per heavy atom. The zero-order valence-electron chi connectivity index (χ0n) is 10.6. The number of rotatable bonds is 3. The first-order valence-electron chi connectivity index (χ1n) is 5.80. The lowest BCUT2D eigenvalue weighted by Crippen LogP contribution is -2.55. The van der Waals surface area contributed by atoms with Crippen molar-refractivity contribution in [2.45, 2.75) is 29.7 Å². The predicted octanol–water partition coefficient (Wildman–Crippen LogP) is -2.08. The quantitative estimate of drug-likeness (QED) is 0.273. The highest BCUT2D eigenvalue weighted by molar-refractivity contribution is 7.98. The van der Waals surface area contributed by atoms with Crippen LogP contribution in [0.4, 0.5) is 11.5 Å². The first-order chi connectivity index (χ1) is 9.43. The van der Waals surface area contributed by atoms with Gasteiger partial charge in [0.25, 0.3) is 5.56 Å². The van der Waals surface area contributed by atoms with Gasteiger partial charge in [-0.15, -0.1) is 0 Å². The smallest absolute Gasteiger partial charge is 0.276 e. The van der Waals surface area contributed by atoms with Gasteiger partial charge in [-0.1, -0.05) is 11.8 Å². The first-order valence-corrected chi connectivity index (χ1v) is 7.02. The average Bonchev–Trinajstić information content (AvgIpc) is 2.44. The lowest BCUT2D eigenvalue weighted by Gasteiger charge is -2.35. The number of aromatic amines is 1. The van der Waals surface area contributed by atoms with E-state index in [1.165, 1.54) is 11.8 Å². The molecule has 112 valence electrons. The zero-order chi connectivity index (χ0) is 14.9. The number of thioether (sulfide) groups is 1. The Bertz CT molecular complexity index is 539. The summed E-state index contributed by atoms with van der Waals surface area (Å²) >= 11 is 1.21. The van der Waals surface area contributed by atoms with E-state index in [4.69, 9.17) is 10.5 Å². The van der Waals surface area contributed by atoms with E-state index in [1.807, 2.05) is 0 Å². The van der Waals surface area contributed by atoms with Gasteiger partial charge in [-0.2, -0.15) is 0 Å². The summed E-state index contributed by atoms with van der Waals surface area (Å²) in [7, 11) is 0. The molecule has 20 heavy (non-hydrogen) atoms. The molecular formula is C10H16N4O5S. The molecule has 1 aliphatic heterocycles. The van der Waals surface area contributed by atoms with Crippen molar-refractivity contribution in [3.8, 4) is 0 Å². The van der Waals surface area contributed by atoms with Gasteiger partial charge in [0.15, 0.2) is 17.2 Å². The second-order valence-electron chi connectivity index (χ2n) is 4.28. The van der Waals surface area contributed by atoms with Gasteiger partial charge in [-0.05, 0) is 6.26 Å². The van der Waals surface area contributed by atoms with E-state index in [0.717, 1.165) is 0 Å². The Balaban J connectivity index is 2.22. The monoisotopic (exact) mass is 304 g/mol. The normalized spacial score (nSPS) is 30.2. The number of aliphatic hydroxyl groups excluding tert-OH is 3. The lowest BCUT2D eigenvalue weighted by atomic mass is 10.0. The third kappa shape index (κ3) is 2.88. The molecule has 2 rings (SSSR count). The Kier molecular flexibility index (Phi) is 4.50. The van der Waals surface area contributed by atoms with Gasteiger partial charge in [-0.25, -0.2) is 4.98 Å². The SMILES string of the molecule is CSc1nc(N[C@@H]2OC[C@@H](O)[C@@H](O)[C@@H]2O)c(N)c(=O)[nH]1. The molecule has 0 radical (unpaired) electrons. The molecule has 0 aliphatic carbocycles. The summed E-state index contributed by atoms with van der Waals surface area (Å²) in [5, 5.41) is 31.7. The molecule has 1 fully saturated rings. The standard InChI is InChI=1S/C10H16N4O5S/c1-20-10-13-7(4(11)8(18)14-10)12-9-6(17)5(16)3(15)2-19-9/h3,5-6,9,15-17H,2,11H2,1H3,(H2,12,13,14,18)/t3-,5-,6+,9-/m1/s1. The third-order valence-corrected chi connectivity index (χ3v) is 3.49. The lowest BCUT2D eigenvalue weighted by molar-refractivity contribution is -0.178. The van der Waals surface area contributed by atoms with Crippen molar-refractivity contribution in [2.75, 3.05) is 23.9 Å². The third-order valence-electron chi connectivity index (χ3n) is 2.91. The number of hydrogen-bond donors (Lipinski definition) is 6. The van der Waals surface area contributed by atoms with E-state index >= 15 is 0 Å². The number of H-pyrrole nitrogens is 1.